The van der Waals surface area contributed by atoms with Crippen molar-refractivity contribution in [2.45, 2.75) is 6.42 Å². The zero-order chi connectivity index (χ0) is 14.4. The Morgan fingerprint density at radius 2 is 2.16 bits per heavy atom. The summed E-state index contributed by atoms with van der Waals surface area (Å²) in [5, 5.41) is 21.5. The number of carboxylic acid groups (broad SMARTS) is 1. The van der Waals surface area contributed by atoms with Gasteiger partial charge in [0.1, 0.15) is 0 Å². The zero-order valence-electron chi connectivity index (χ0n) is 10.1. The van der Waals surface area contributed by atoms with Crippen molar-refractivity contribution in [1.29, 1.82) is 0 Å². The second kappa shape index (κ2) is 6.34. The number of carbonyl (C=O) groups is 2. The molecule has 0 saturated carbocycles. The molecule has 8 nitrogen and oxygen atoms in total. The Morgan fingerprint density at radius 1 is 1.47 bits per heavy atom. The SMILES string of the molecule is COc1cc(C(=O)NCCC(=O)O)ccc1[N+](=O)[O-]. The Bertz CT molecular complexity index is 514. The van der Waals surface area contributed by atoms with E-state index in [9.17, 15) is 19.7 Å². The van der Waals surface area contributed by atoms with Crippen LogP contribution in [0.3, 0.4) is 0 Å². The van der Waals surface area contributed by atoms with Crippen molar-refractivity contribution in [3.63, 3.8) is 0 Å². The Hall–Kier alpha value is -2.64. The molecular weight excluding hydrogens is 256 g/mol. The number of carboxylic acids is 1. The van der Waals surface area contributed by atoms with Crippen molar-refractivity contribution < 1.29 is 24.4 Å². The normalized spacial score (nSPS) is 9.74. The first-order chi connectivity index (χ1) is 8.95. The molecule has 1 rings (SSSR count). The lowest BCUT2D eigenvalue weighted by Gasteiger charge is -2.06. The molecule has 0 bridgehead atoms. The van der Waals surface area contributed by atoms with Gasteiger partial charge in [-0.2, -0.15) is 0 Å². The second-order valence-electron chi connectivity index (χ2n) is 3.54. The number of nitrogens with one attached hydrogen (secondary N) is 1. The maximum absolute atomic E-state index is 11.6. The van der Waals surface area contributed by atoms with E-state index < -0.39 is 16.8 Å². The summed E-state index contributed by atoms with van der Waals surface area (Å²) in [7, 11) is 1.26. The van der Waals surface area contributed by atoms with E-state index in [0.717, 1.165) is 6.07 Å². The molecule has 0 radical (unpaired) electrons. The van der Waals surface area contributed by atoms with Gasteiger partial charge in [-0.3, -0.25) is 19.7 Å². The summed E-state index contributed by atoms with van der Waals surface area (Å²) in [6.07, 6.45) is -0.199. The van der Waals surface area contributed by atoms with Crippen LogP contribution in [0.5, 0.6) is 5.75 Å². The molecule has 1 aromatic rings. The number of nitro groups is 1. The number of amides is 1. The van der Waals surface area contributed by atoms with Gasteiger partial charge in [0.05, 0.1) is 18.5 Å². The number of methoxy groups -OCH3 is 1. The van der Waals surface area contributed by atoms with Gasteiger partial charge in [0.2, 0.25) is 0 Å². The van der Waals surface area contributed by atoms with Crippen molar-refractivity contribution in [3.05, 3.63) is 33.9 Å². The highest BCUT2D eigenvalue weighted by molar-refractivity contribution is 5.95. The molecule has 0 heterocycles. The number of benzene rings is 1. The van der Waals surface area contributed by atoms with Crippen LogP contribution in [0, 0.1) is 10.1 Å². The summed E-state index contributed by atoms with van der Waals surface area (Å²) >= 11 is 0. The van der Waals surface area contributed by atoms with E-state index in [1.54, 1.807) is 0 Å². The standard InChI is InChI=1S/C11H12N2O6/c1-19-9-6-7(2-3-8(9)13(17)18)11(16)12-5-4-10(14)15/h2-3,6H,4-5H2,1H3,(H,12,16)(H,14,15). The van der Waals surface area contributed by atoms with Gasteiger partial charge in [0.25, 0.3) is 5.91 Å². The largest absolute Gasteiger partial charge is 0.490 e. The fraction of sp³-hybridized carbons (Fsp3) is 0.273. The van der Waals surface area contributed by atoms with Gasteiger partial charge in [-0.05, 0) is 6.07 Å². The average molecular weight is 268 g/mol. The Labute approximate surface area is 108 Å². The number of nitro benzene ring substituents is 1. The van der Waals surface area contributed by atoms with E-state index >= 15 is 0 Å². The Morgan fingerprint density at radius 3 is 2.68 bits per heavy atom. The first-order valence-corrected chi connectivity index (χ1v) is 5.28. The lowest BCUT2D eigenvalue weighted by molar-refractivity contribution is -0.385. The summed E-state index contributed by atoms with van der Waals surface area (Å²) in [5.41, 5.74) is -0.0857. The molecule has 0 aliphatic heterocycles. The van der Waals surface area contributed by atoms with E-state index in [0.29, 0.717) is 0 Å². The molecule has 8 heteroatoms. The lowest BCUT2D eigenvalue weighted by Crippen LogP contribution is -2.26. The molecule has 0 spiro atoms. The summed E-state index contributed by atoms with van der Waals surface area (Å²) in [6.45, 7) is -0.0204. The van der Waals surface area contributed by atoms with Crippen LogP contribution in [0.25, 0.3) is 0 Å². The molecule has 102 valence electrons. The number of nitrogens with zero attached hydrogens (tertiary/aromatic N) is 1. The number of rotatable bonds is 6. The first kappa shape index (κ1) is 14.4. The molecule has 1 amide bonds. The fourth-order valence-electron chi connectivity index (χ4n) is 1.35. The quantitative estimate of drug-likeness (QED) is 0.582. The average Bonchev–Trinajstić information content (AvgIpc) is 2.37. The van der Waals surface area contributed by atoms with Crippen LogP contribution in [0.15, 0.2) is 18.2 Å². The monoisotopic (exact) mass is 268 g/mol. The van der Waals surface area contributed by atoms with E-state index in [4.69, 9.17) is 9.84 Å². The minimum absolute atomic E-state index is 0.0204. The number of carbonyl (C=O) groups excluding carboxylic acids is 1. The summed E-state index contributed by atoms with van der Waals surface area (Å²) in [4.78, 5) is 32.0. The molecule has 1 aromatic carbocycles. The lowest BCUT2D eigenvalue weighted by atomic mass is 10.1. The van der Waals surface area contributed by atoms with Crippen molar-refractivity contribution in [3.8, 4) is 5.75 Å². The molecule has 0 aliphatic rings. The first-order valence-electron chi connectivity index (χ1n) is 5.28. The highest BCUT2D eigenvalue weighted by Crippen LogP contribution is 2.27. The van der Waals surface area contributed by atoms with E-state index in [2.05, 4.69) is 5.32 Å². The van der Waals surface area contributed by atoms with Gasteiger partial charge in [-0.25, -0.2) is 0 Å². The van der Waals surface area contributed by atoms with Crippen LogP contribution in [-0.2, 0) is 4.79 Å². The summed E-state index contributed by atoms with van der Waals surface area (Å²) < 4.78 is 4.82. The van der Waals surface area contributed by atoms with Gasteiger partial charge >= 0.3 is 11.7 Å². The van der Waals surface area contributed by atoms with E-state index in [-0.39, 0.29) is 30.0 Å². The van der Waals surface area contributed by atoms with Gasteiger partial charge in [0, 0.05) is 24.2 Å². The third kappa shape index (κ3) is 3.95. The van der Waals surface area contributed by atoms with Crippen LogP contribution < -0.4 is 10.1 Å². The third-order valence-corrected chi connectivity index (χ3v) is 2.26. The second-order valence-corrected chi connectivity index (χ2v) is 3.54. The van der Waals surface area contributed by atoms with Crippen LogP contribution in [-0.4, -0.2) is 35.6 Å². The predicted octanol–water partition coefficient (Wildman–Crippen LogP) is 0.808. The van der Waals surface area contributed by atoms with Crippen LogP contribution in [0.1, 0.15) is 16.8 Å². The van der Waals surface area contributed by atoms with Crippen LogP contribution >= 0.6 is 0 Å². The smallest absolute Gasteiger partial charge is 0.310 e. The van der Waals surface area contributed by atoms with Crippen molar-refractivity contribution in [2.75, 3.05) is 13.7 Å². The predicted molar refractivity (Wildman–Crippen MR) is 64.2 cm³/mol. The maximum atomic E-state index is 11.6. The molecule has 0 fully saturated rings. The number of hydrogen-bond acceptors (Lipinski definition) is 5. The highest BCUT2D eigenvalue weighted by atomic mass is 16.6. The number of aliphatic carboxylic acids is 1. The number of ether oxygens (including phenoxy) is 1. The fourth-order valence-corrected chi connectivity index (χ4v) is 1.35. The van der Waals surface area contributed by atoms with Crippen molar-refractivity contribution >= 4 is 17.6 Å². The minimum atomic E-state index is -1.03. The van der Waals surface area contributed by atoms with Gasteiger partial charge < -0.3 is 15.2 Å². The Kier molecular flexibility index (Phi) is 4.81. The number of hydrogen-bond donors (Lipinski definition) is 2. The highest BCUT2D eigenvalue weighted by Gasteiger charge is 2.17. The van der Waals surface area contributed by atoms with E-state index in [1.807, 2.05) is 0 Å². The topological polar surface area (TPSA) is 119 Å². The van der Waals surface area contributed by atoms with Gasteiger partial charge in [-0.1, -0.05) is 0 Å². The summed E-state index contributed by atoms with van der Waals surface area (Å²) in [5.74, 6) is -1.58. The zero-order valence-corrected chi connectivity index (χ0v) is 10.1. The van der Waals surface area contributed by atoms with Gasteiger partial charge in [-0.15, -0.1) is 0 Å². The third-order valence-electron chi connectivity index (χ3n) is 2.26. The molecule has 0 atom stereocenters. The molecule has 0 unspecified atom stereocenters. The molecular formula is C11H12N2O6. The maximum Gasteiger partial charge on any atom is 0.310 e. The summed E-state index contributed by atoms with van der Waals surface area (Å²) in [6, 6.07) is 3.66. The molecule has 19 heavy (non-hydrogen) atoms. The molecule has 0 aromatic heterocycles. The van der Waals surface area contributed by atoms with E-state index in [1.165, 1.54) is 19.2 Å². The molecule has 2 N–H and O–H groups in total. The molecule has 0 aliphatic carbocycles. The van der Waals surface area contributed by atoms with Crippen LogP contribution in [0.2, 0.25) is 0 Å². The van der Waals surface area contributed by atoms with Crippen molar-refractivity contribution in [1.82, 2.24) is 5.32 Å². The Balaban J connectivity index is 2.81. The van der Waals surface area contributed by atoms with Crippen LogP contribution in [0.4, 0.5) is 5.69 Å². The van der Waals surface area contributed by atoms with Crippen molar-refractivity contribution in [2.24, 2.45) is 0 Å². The minimum Gasteiger partial charge on any atom is -0.490 e. The van der Waals surface area contributed by atoms with Gasteiger partial charge in [0.15, 0.2) is 5.75 Å². The molecule has 0 saturated heterocycles.